The number of benzene rings is 2. The van der Waals surface area contributed by atoms with Crippen LogP contribution in [0.4, 0.5) is 0 Å². The summed E-state index contributed by atoms with van der Waals surface area (Å²) in [7, 11) is 0. The van der Waals surface area contributed by atoms with Crippen molar-refractivity contribution < 1.29 is 0 Å². The maximum Gasteiger partial charge on any atom is 0.0406 e. The summed E-state index contributed by atoms with van der Waals surface area (Å²) in [6.07, 6.45) is 2.44. The van der Waals surface area contributed by atoms with Crippen LogP contribution in [-0.2, 0) is 6.54 Å². The molecule has 1 aliphatic carbocycles. The second-order valence-corrected chi connectivity index (χ2v) is 6.78. The van der Waals surface area contributed by atoms with Gasteiger partial charge in [0, 0.05) is 22.1 Å². The lowest BCUT2D eigenvalue weighted by Gasteiger charge is -2.36. The van der Waals surface area contributed by atoms with E-state index in [1.807, 2.05) is 12.1 Å². The quantitative estimate of drug-likeness (QED) is 0.805. The van der Waals surface area contributed by atoms with E-state index in [0.29, 0.717) is 12.0 Å². The Bertz CT molecular complexity index is 576. The van der Waals surface area contributed by atoms with Crippen molar-refractivity contribution in [3.8, 4) is 0 Å². The van der Waals surface area contributed by atoms with Gasteiger partial charge in [-0.05, 0) is 54.2 Å². The molecular formula is C17H17BrClN. The van der Waals surface area contributed by atoms with E-state index in [-0.39, 0.29) is 0 Å². The fourth-order valence-corrected chi connectivity index (χ4v) is 3.27. The molecule has 1 aliphatic rings. The van der Waals surface area contributed by atoms with Crippen LogP contribution in [-0.4, -0.2) is 6.04 Å². The minimum atomic E-state index is 0.634. The maximum absolute atomic E-state index is 5.92. The number of halogens is 2. The monoisotopic (exact) mass is 349 g/mol. The molecule has 0 saturated heterocycles. The normalized spacial score (nSPS) is 21.5. The Labute approximate surface area is 133 Å². The van der Waals surface area contributed by atoms with Crippen molar-refractivity contribution in [1.82, 2.24) is 5.32 Å². The summed E-state index contributed by atoms with van der Waals surface area (Å²) in [5, 5.41) is 4.44. The Morgan fingerprint density at radius 1 is 1.10 bits per heavy atom. The van der Waals surface area contributed by atoms with Crippen LogP contribution in [0.1, 0.15) is 29.9 Å². The van der Waals surface area contributed by atoms with Gasteiger partial charge in [0.15, 0.2) is 0 Å². The van der Waals surface area contributed by atoms with Crippen molar-refractivity contribution in [3.63, 3.8) is 0 Å². The van der Waals surface area contributed by atoms with Crippen LogP contribution in [0.15, 0.2) is 53.0 Å². The fourth-order valence-electron chi connectivity index (χ4n) is 2.70. The largest absolute Gasteiger partial charge is 0.310 e. The molecule has 1 saturated carbocycles. The minimum Gasteiger partial charge on any atom is -0.310 e. The molecule has 3 heteroatoms. The van der Waals surface area contributed by atoms with Gasteiger partial charge in [0.05, 0.1) is 0 Å². The summed E-state index contributed by atoms with van der Waals surface area (Å²) in [5.74, 6) is 0.687. The van der Waals surface area contributed by atoms with E-state index in [0.717, 1.165) is 16.0 Å². The van der Waals surface area contributed by atoms with Crippen LogP contribution >= 0.6 is 27.5 Å². The molecule has 1 N–H and O–H groups in total. The predicted molar refractivity (Wildman–Crippen MR) is 88.2 cm³/mol. The number of rotatable bonds is 4. The lowest BCUT2D eigenvalue weighted by Crippen LogP contribution is -2.39. The van der Waals surface area contributed by atoms with Crippen molar-refractivity contribution in [1.29, 1.82) is 0 Å². The summed E-state index contributed by atoms with van der Waals surface area (Å²) in [5.41, 5.74) is 2.74. The SMILES string of the molecule is Clc1ccc(C2CC(NCc3cccc(Br)c3)C2)cc1. The molecular weight excluding hydrogens is 334 g/mol. The third-order valence-electron chi connectivity index (χ3n) is 3.96. The zero-order valence-corrected chi connectivity index (χ0v) is 13.5. The molecule has 0 spiro atoms. The maximum atomic E-state index is 5.92. The molecule has 1 nitrogen and oxygen atoms in total. The molecule has 1 fully saturated rings. The summed E-state index contributed by atoms with van der Waals surface area (Å²) in [6.45, 7) is 0.942. The van der Waals surface area contributed by atoms with Crippen LogP contribution < -0.4 is 5.32 Å². The second kappa shape index (κ2) is 6.30. The van der Waals surface area contributed by atoms with Crippen LogP contribution in [0, 0.1) is 0 Å². The highest BCUT2D eigenvalue weighted by molar-refractivity contribution is 9.10. The Balaban J connectivity index is 1.48. The smallest absolute Gasteiger partial charge is 0.0406 e. The van der Waals surface area contributed by atoms with Gasteiger partial charge >= 0.3 is 0 Å². The van der Waals surface area contributed by atoms with Crippen molar-refractivity contribution in [3.05, 3.63) is 69.2 Å². The van der Waals surface area contributed by atoms with E-state index >= 15 is 0 Å². The highest BCUT2D eigenvalue weighted by Gasteiger charge is 2.29. The van der Waals surface area contributed by atoms with Gasteiger partial charge in [-0.15, -0.1) is 0 Å². The molecule has 0 aliphatic heterocycles. The number of nitrogens with one attached hydrogen (secondary N) is 1. The predicted octanol–water partition coefficient (Wildman–Crippen LogP) is 5.14. The third-order valence-corrected chi connectivity index (χ3v) is 4.71. The Morgan fingerprint density at radius 2 is 1.85 bits per heavy atom. The molecule has 0 aromatic heterocycles. The fraction of sp³-hybridized carbons (Fsp3) is 0.294. The van der Waals surface area contributed by atoms with Crippen LogP contribution in [0.25, 0.3) is 0 Å². The molecule has 2 aromatic carbocycles. The molecule has 0 heterocycles. The average Bonchev–Trinajstić information content (AvgIpc) is 2.39. The molecule has 0 unspecified atom stereocenters. The molecule has 3 rings (SSSR count). The minimum absolute atomic E-state index is 0.634. The van der Waals surface area contributed by atoms with E-state index in [9.17, 15) is 0 Å². The first-order chi connectivity index (χ1) is 9.70. The van der Waals surface area contributed by atoms with Gasteiger partial charge in [0.1, 0.15) is 0 Å². The molecule has 20 heavy (non-hydrogen) atoms. The van der Waals surface area contributed by atoms with Crippen LogP contribution in [0.3, 0.4) is 0 Å². The zero-order valence-electron chi connectivity index (χ0n) is 11.2. The zero-order chi connectivity index (χ0) is 13.9. The van der Waals surface area contributed by atoms with Crippen molar-refractivity contribution >= 4 is 27.5 Å². The Kier molecular flexibility index (Phi) is 4.45. The van der Waals surface area contributed by atoms with Gasteiger partial charge in [-0.3, -0.25) is 0 Å². The Morgan fingerprint density at radius 3 is 2.55 bits per heavy atom. The number of hydrogen-bond acceptors (Lipinski definition) is 1. The summed E-state index contributed by atoms with van der Waals surface area (Å²) in [6, 6.07) is 17.4. The van der Waals surface area contributed by atoms with E-state index in [1.165, 1.54) is 24.0 Å². The standard InChI is InChI=1S/C17H17BrClN/c18-15-3-1-2-12(8-15)11-20-17-9-14(10-17)13-4-6-16(19)7-5-13/h1-8,14,17,20H,9-11H2. The van der Waals surface area contributed by atoms with Gasteiger partial charge in [0.2, 0.25) is 0 Å². The highest BCUT2D eigenvalue weighted by Crippen LogP contribution is 2.37. The number of hydrogen-bond donors (Lipinski definition) is 1. The highest BCUT2D eigenvalue weighted by atomic mass is 79.9. The first-order valence-corrected chi connectivity index (χ1v) is 8.11. The van der Waals surface area contributed by atoms with Gasteiger partial charge in [-0.25, -0.2) is 0 Å². The first kappa shape index (κ1) is 14.1. The van der Waals surface area contributed by atoms with E-state index < -0.39 is 0 Å². The molecule has 0 atom stereocenters. The Hall–Kier alpha value is -0.830. The van der Waals surface area contributed by atoms with E-state index in [2.05, 4.69) is 57.6 Å². The van der Waals surface area contributed by atoms with E-state index in [4.69, 9.17) is 11.6 Å². The second-order valence-electron chi connectivity index (χ2n) is 5.43. The third kappa shape index (κ3) is 3.43. The summed E-state index contributed by atoms with van der Waals surface area (Å²) < 4.78 is 1.14. The van der Waals surface area contributed by atoms with Gasteiger partial charge in [0.25, 0.3) is 0 Å². The molecule has 0 bridgehead atoms. The lowest BCUT2D eigenvalue weighted by molar-refractivity contribution is 0.289. The molecule has 2 aromatic rings. The van der Waals surface area contributed by atoms with Crippen LogP contribution in [0.2, 0.25) is 5.02 Å². The topological polar surface area (TPSA) is 12.0 Å². The molecule has 104 valence electrons. The van der Waals surface area contributed by atoms with Gasteiger partial charge < -0.3 is 5.32 Å². The van der Waals surface area contributed by atoms with Crippen LogP contribution in [0.5, 0.6) is 0 Å². The van der Waals surface area contributed by atoms with Gasteiger partial charge in [-0.1, -0.05) is 51.8 Å². The average molecular weight is 351 g/mol. The molecule has 0 radical (unpaired) electrons. The van der Waals surface area contributed by atoms with E-state index in [1.54, 1.807) is 0 Å². The lowest BCUT2D eigenvalue weighted by atomic mass is 9.76. The van der Waals surface area contributed by atoms with Crippen molar-refractivity contribution in [2.45, 2.75) is 31.3 Å². The van der Waals surface area contributed by atoms with Crippen molar-refractivity contribution in [2.24, 2.45) is 0 Å². The van der Waals surface area contributed by atoms with Gasteiger partial charge in [-0.2, -0.15) is 0 Å². The summed E-state index contributed by atoms with van der Waals surface area (Å²) >= 11 is 9.43. The summed E-state index contributed by atoms with van der Waals surface area (Å²) in [4.78, 5) is 0. The molecule has 0 amide bonds. The first-order valence-electron chi connectivity index (χ1n) is 6.94. The van der Waals surface area contributed by atoms with Crippen molar-refractivity contribution in [2.75, 3.05) is 0 Å².